The zero-order valence-corrected chi connectivity index (χ0v) is 15.3. The van der Waals surface area contributed by atoms with Crippen LogP contribution in [0.5, 0.6) is 0 Å². The number of primary amides is 1. The normalized spacial score (nSPS) is 17.6. The lowest BCUT2D eigenvalue weighted by Gasteiger charge is -2.34. The summed E-state index contributed by atoms with van der Waals surface area (Å²) in [7, 11) is 0. The third-order valence-corrected chi connectivity index (χ3v) is 5.16. The van der Waals surface area contributed by atoms with E-state index in [4.69, 9.17) is 5.73 Å². The SMILES string of the molecule is CCCN(Cc1ccc(SC)cc1)C(=O)[C@H]1CCCN(C(N)=O)C1. The van der Waals surface area contributed by atoms with Crippen molar-refractivity contribution in [1.29, 1.82) is 0 Å². The van der Waals surface area contributed by atoms with Crippen molar-refractivity contribution in [2.75, 3.05) is 25.9 Å². The lowest BCUT2D eigenvalue weighted by atomic mass is 9.96. The van der Waals surface area contributed by atoms with Crippen LogP contribution >= 0.6 is 11.8 Å². The molecule has 1 aliphatic rings. The standard InChI is InChI=1S/C18H27N3O2S/c1-3-10-20(12-14-6-8-16(24-2)9-7-14)17(22)15-5-4-11-21(13-15)18(19)23/h6-9,15H,3-5,10-13H2,1-2H3,(H2,19,23)/t15-/m0/s1. The molecule has 1 aliphatic heterocycles. The Labute approximate surface area is 148 Å². The number of carbonyl (C=O) groups excluding carboxylic acids is 2. The van der Waals surface area contributed by atoms with Gasteiger partial charge in [-0.3, -0.25) is 4.79 Å². The van der Waals surface area contributed by atoms with Crippen molar-refractivity contribution in [1.82, 2.24) is 9.80 Å². The Morgan fingerprint density at radius 3 is 2.62 bits per heavy atom. The van der Waals surface area contributed by atoms with Crippen molar-refractivity contribution in [3.63, 3.8) is 0 Å². The molecule has 1 saturated heterocycles. The predicted octanol–water partition coefficient (Wildman–Crippen LogP) is 2.94. The number of piperidine rings is 1. The van der Waals surface area contributed by atoms with Gasteiger partial charge < -0.3 is 15.5 Å². The quantitative estimate of drug-likeness (QED) is 0.803. The Bertz CT molecular complexity index is 562. The summed E-state index contributed by atoms with van der Waals surface area (Å²) in [5, 5.41) is 0. The average molecular weight is 350 g/mol. The summed E-state index contributed by atoms with van der Waals surface area (Å²) in [6, 6.07) is 7.91. The van der Waals surface area contributed by atoms with Crippen molar-refractivity contribution in [2.24, 2.45) is 11.7 Å². The third kappa shape index (κ3) is 4.90. The van der Waals surface area contributed by atoms with Gasteiger partial charge in [-0.2, -0.15) is 0 Å². The molecule has 3 amide bonds. The Morgan fingerprint density at radius 1 is 1.33 bits per heavy atom. The Hall–Kier alpha value is -1.69. The molecule has 1 atom stereocenters. The van der Waals surface area contributed by atoms with E-state index in [1.54, 1.807) is 16.7 Å². The molecule has 1 fully saturated rings. The zero-order valence-electron chi connectivity index (χ0n) is 14.5. The first-order valence-electron chi connectivity index (χ1n) is 8.51. The molecule has 6 heteroatoms. The van der Waals surface area contributed by atoms with E-state index in [0.29, 0.717) is 19.6 Å². The Balaban J connectivity index is 2.04. The fourth-order valence-corrected chi connectivity index (χ4v) is 3.53. The van der Waals surface area contributed by atoms with Gasteiger partial charge >= 0.3 is 6.03 Å². The van der Waals surface area contributed by atoms with E-state index < -0.39 is 6.03 Å². The number of benzene rings is 1. The molecule has 1 aromatic rings. The van der Waals surface area contributed by atoms with E-state index in [1.807, 2.05) is 4.90 Å². The van der Waals surface area contributed by atoms with Gasteiger partial charge in [0.2, 0.25) is 5.91 Å². The van der Waals surface area contributed by atoms with Crippen LogP contribution in [0.1, 0.15) is 31.7 Å². The fourth-order valence-electron chi connectivity index (χ4n) is 3.13. The van der Waals surface area contributed by atoms with Crippen LogP contribution in [0.4, 0.5) is 4.79 Å². The van der Waals surface area contributed by atoms with Gasteiger partial charge in [0.25, 0.3) is 0 Å². The second kappa shape index (κ2) is 8.97. The van der Waals surface area contributed by atoms with Crippen LogP contribution in [-0.2, 0) is 11.3 Å². The number of amides is 3. The van der Waals surface area contributed by atoms with Crippen LogP contribution in [0.15, 0.2) is 29.2 Å². The number of likely N-dealkylation sites (tertiary alicyclic amines) is 1. The van der Waals surface area contributed by atoms with E-state index in [2.05, 4.69) is 37.4 Å². The van der Waals surface area contributed by atoms with Crippen molar-refractivity contribution in [2.45, 2.75) is 37.6 Å². The monoisotopic (exact) mass is 349 g/mol. The summed E-state index contributed by atoms with van der Waals surface area (Å²) in [6.45, 7) is 4.53. The first-order chi connectivity index (χ1) is 11.5. The molecule has 0 radical (unpaired) electrons. The van der Waals surface area contributed by atoms with E-state index in [9.17, 15) is 9.59 Å². The number of nitrogens with two attached hydrogens (primary N) is 1. The number of thioether (sulfide) groups is 1. The molecule has 0 aromatic heterocycles. The highest BCUT2D eigenvalue weighted by molar-refractivity contribution is 7.98. The smallest absolute Gasteiger partial charge is 0.314 e. The molecule has 0 bridgehead atoms. The molecule has 1 aromatic carbocycles. The number of rotatable bonds is 6. The lowest BCUT2D eigenvalue weighted by molar-refractivity contribution is -0.137. The number of hydrogen-bond acceptors (Lipinski definition) is 3. The molecular weight excluding hydrogens is 322 g/mol. The van der Waals surface area contributed by atoms with Crippen molar-refractivity contribution < 1.29 is 9.59 Å². The number of urea groups is 1. The highest BCUT2D eigenvalue weighted by Gasteiger charge is 2.30. The van der Waals surface area contributed by atoms with Crippen molar-refractivity contribution >= 4 is 23.7 Å². The molecule has 0 unspecified atom stereocenters. The van der Waals surface area contributed by atoms with Gasteiger partial charge in [0.05, 0.1) is 5.92 Å². The number of carbonyl (C=O) groups is 2. The molecule has 0 spiro atoms. The minimum atomic E-state index is -0.429. The molecule has 2 rings (SSSR count). The lowest BCUT2D eigenvalue weighted by Crippen LogP contribution is -2.48. The Kier molecular flexibility index (Phi) is 6.97. The van der Waals surface area contributed by atoms with E-state index >= 15 is 0 Å². The fraction of sp³-hybridized carbons (Fsp3) is 0.556. The summed E-state index contributed by atoms with van der Waals surface area (Å²) in [6.07, 6.45) is 4.63. The van der Waals surface area contributed by atoms with Crippen LogP contribution < -0.4 is 5.73 Å². The van der Waals surface area contributed by atoms with E-state index in [0.717, 1.165) is 31.4 Å². The summed E-state index contributed by atoms with van der Waals surface area (Å²) in [5.41, 5.74) is 6.51. The topological polar surface area (TPSA) is 66.6 Å². The van der Waals surface area contributed by atoms with Crippen molar-refractivity contribution in [3.8, 4) is 0 Å². The molecule has 5 nitrogen and oxygen atoms in total. The molecule has 0 saturated carbocycles. The van der Waals surface area contributed by atoms with Crippen LogP contribution in [0.2, 0.25) is 0 Å². The summed E-state index contributed by atoms with van der Waals surface area (Å²) in [5.74, 6) is 0.0000126. The second-order valence-electron chi connectivity index (χ2n) is 6.23. The molecule has 1 heterocycles. The predicted molar refractivity (Wildman–Crippen MR) is 97.8 cm³/mol. The van der Waals surface area contributed by atoms with Gasteiger partial charge in [0, 0.05) is 31.1 Å². The van der Waals surface area contributed by atoms with Gasteiger partial charge in [-0.1, -0.05) is 19.1 Å². The minimum absolute atomic E-state index is 0.136. The van der Waals surface area contributed by atoms with Crippen LogP contribution in [0, 0.1) is 5.92 Å². The van der Waals surface area contributed by atoms with E-state index in [1.165, 1.54) is 4.90 Å². The maximum absolute atomic E-state index is 12.9. The van der Waals surface area contributed by atoms with Crippen LogP contribution in [0.3, 0.4) is 0 Å². The van der Waals surface area contributed by atoms with Gasteiger partial charge in [0.1, 0.15) is 0 Å². The maximum Gasteiger partial charge on any atom is 0.314 e. The van der Waals surface area contributed by atoms with Crippen LogP contribution in [0.25, 0.3) is 0 Å². The number of hydrogen-bond donors (Lipinski definition) is 1. The highest BCUT2D eigenvalue weighted by atomic mass is 32.2. The Morgan fingerprint density at radius 2 is 2.04 bits per heavy atom. The minimum Gasteiger partial charge on any atom is -0.351 e. The van der Waals surface area contributed by atoms with Gasteiger partial charge in [-0.15, -0.1) is 11.8 Å². The highest BCUT2D eigenvalue weighted by Crippen LogP contribution is 2.21. The van der Waals surface area contributed by atoms with Gasteiger partial charge in [-0.05, 0) is 43.2 Å². The summed E-state index contributed by atoms with van der Waals surface area (Å²) >= 11 is 1.71. The molecule has 2 N–H and O–H groups in total. The third-order valence-electron chi connectivity index (χ3n) is 4.42. The molecule has 24 heavy (non-hydrogen) atoms. The number of nitrogens with zero attached hydrogens (tertiary/aromatic N) is 2. The summed E-state index contributed by atoms with van der Waals surface area (Å²) in [4.78, 5) is 29.0. The second-order valence-corrected chi connectivity index (χ2v) is 7.11. The maximum atomic E-state index is 12.9. The first kappa shape index (κ1) is 18.6. The van der Waals surface area contributed by atoms with Gasteiger partial charge in [0.15, 0.2) is 0 Å². The van der Waals surface area contributed by atoms with E-state index in [-0.39, 0.29) is 11.8 Å². The van der Waals surface area contributed by atoms with Crippen LogP contribution in [-0.4, -0.2) is 47.6 Å². The zero-order chi connectivity index (χ0) is 17.5. The summed E-state index contributed by atoms with van der Waals surface area (Å²) < 4.78 is 0. The largest absolute Gasteiger partial charge is 0.351 e. The average Bonchev–Trinajstić information content (AvgIpc) is 2.61. The molecule has 132 valence electrons. The molecular formula is C18H27N3O2S. The van der Waals surface area contributed by atoms with Gasteiger partial charge in [-0.25, -0.2) is 4.79 Å². The van der Waals surface area contributed by atoms with Crippen molar-refractivity contribution in [3.05, 3.63) is 29.8 Å². The first-order valence-corrected chi connectivity index (χ1v) is 9.73. The molecule has 0 aliphatic carbocycles.